The molecule has 0 aliphatic carbocycles. The Kier molecular flexibility index (Phi) is 12.0. The van der Waals surface area contributed by atoms with Crippen LogP contribution in [-0.2, 0) is 16.1 Å². The van der Waals surface area contributed by atoms with Gasteiger partial charge in [-0.05, 0) is 30.7 Å². The van der Waals surface area contributed by atoms with Gasteiger partial charge in [0, 0.05) is 33.7 Å². The Balaban J connectivity index is 0.00000392. The van der Waals surface area contributed by atoms with Gasteiger partial charge >= 0.3 is 0 Å². The lowest BCUT2D eigenvalue weighted by Crippen LogP contribution is -2.44. The third-order valence-electron chi connectivity index (χ3n) is 4.26. The predicted octanol–water partition coefficient (Wildman–Crippen LogP) is 1.29. The normalized spacial score (nSPS) is 14.9. The van der Waals surface area contributed by atoms with Gasteiger partial charge in [-0.15, -0.1) is 24.0 Å². The molecule has 2 N–H and O–H groups in total. The second-order valence-corrected chi connectivity index (χ2v) is 6.67. The van der Waals surface area contributed by atoms with Gasteiger partial charge < -0.3 is 20.3 Å². The zero-order valence-corrected chi connectivity index (χ0v) is 18.9. The Bertz CT molecular complexity index is 624. The summed E-state index contributed by atoms with van der Waals surface area (Å²) in [5, 5.41) is 6.30. The minimum atomic E-state index is -0.279. The van der Waals surface area contributed by atoms with E-state index < -0.39 is 0 Å². The van der Waals surface area contributed by atoms with Crippen molar-refractivity contribution in [3.63, 3.8) is 0 Å². The number of amides is 1. The first kappa shape index (κ1) is 24.6. The highest BCUT2D eigenvalue weighted by Gasteiger charge is 2.10. The lowest BCUT2D eigenvalue weighted by atomic mass is 10.2. The molecular formula is C19H31FIN5O2. The summed E-state index contributed by atoms with van der Waals surface area (Å²) in [5.41, 5.74) is 0.781. The number of likely N-dealkylation sites (N-methyl/N-ethyl adjacent to an activating group) is 1. The molecule has 2 rings (SSSR count). The van der Waals surface area contributed by atoms with Crippen LogP contribution in [0.4, 0.5) is 4.39 Å². The van der Waals surface area contributed by atoms with Gasteiger partial charge in [0.05, 0.1) is 26.3 Å². The molecule has 1 saturated heterocycles. The van der Waals surface area contributed by atoms with Crippen LogP contribution >= 0.6 is 24.0 Å². The number of halogens is 2. The molecular weight excluding hydrogens is 476 g/mol. The summed E-state index contributed by atoms with van der Waals surface area (Å²) in [7, 11) is 3.42. The van der Waals surface area contributed by atoms with Crippen LogP contribution in [0.1, 0.15) is 12.0 Å². The molecule has 0 bridgehead atoms. The van der Waals surface area contributed by atoms with Crippen LogP contribution in [0.3, 0.4) is 0 Å². The van der Waals surface area contributed by atoms with Crippen molar-refractivity contribution in [3.05, 3.63) is 35.6 Å². The number of morpholine rings is 1. The number of benzene rings is 1. The van der Waals surface area contributed by atoms with Gasteiger partial charge in [-0.1, -0.05) is 12.1 Å². The maximum Gasteiger partial charge on any atom is 0.241 e. The highest BCUT2D eigenvalue weighted by molar-refractivity contribution is 14.0. The Hall–Kier alpha value is -1.46. The molecule has 1 aromatic rings. The summed E-state index contributed by atoms with van der Waals surface area (Å²) in [4.78, 5) is 20.2. The predicted molar refractivity (Wildman–Crippen MR) is 120 cm³/mol. The summed E-state index contributed by atoms with van der Waals surface area (Å²) >= 11 is 0. The van der Waals surface area contributed by atoms with Crippen LogP contribution in [0.2, 0.25) is 0 Å². The lowest BCUT2D eigenvalue weighted by molar-refractivity contribution is -0.127. The van der Waals surface area contributed by atoms with E-state index in [2.05, 4.69) is 20.5 Å². The zero-order valence-electron chi connectivity index (χ0n) is 16.6. The number of ether oxygens (including phenoxy) is 1. The second kappa shape index (κ2) is 13.7. The molecule has 0 spiro atoms. The SMILES string of the molecule is CN(C)C(=O)CNC(=NCc1cccc(F)c1)NCCCN1CCOCC1.I. The zero-order chi connectivity index (χ0) is 19.5. The standard InChI is InChI=1S/C19H30FN5O2.HI/c1-24(2)18(26)15-23-19(22-14-16-5-3-6-17(20)13-16)21-7-4-8-25-9-11-27-12-10-25;/h3,5-6,13H,4,7-12,14-15H2,1-2H3,(H2,21,22,23);1H. The number of aliphatic imine (C=N–C) groups is 1. The highest BCUT2D eigenvalue weighted by atomic mass is 127. The van der Waals surface area contributed by atoms with Crippen LogP contribution in [0.25, 0.3) is 0 Å². The van der Waals surface area contributed by atoms with Gasteiger partial charge in [0.25, 0.3) is 0 Å². The van der Waals surface area contributed by atoms with Crippen LogP contribution in [0, 0.1) is 5.82 Å². The van der Waals surface area contributed by atoms with Crippen molar-refractivity contribution in [2.24, 2.45) is 4.99 Å². The van der Waals surface area contributed by atoms with Crippen molar-refractivity contribution in [3.8, 4) is 0 Å². The molecule has 0 unspecified atom stereocenters. The topological polar surface area (TPSA) is 69.2 Å². The second-order valence-electron chi connectivity index (χ2n) is 6.67. The van der Waals surface area contributed by atoms with E-state index in [9.17, 15) is 9.18 Å². The molecule has 1 aliphatic rings. The van der Waals surface area contributed by atoms with Crippen LogP contribution in [-0.4, -0.2) is 81.7 Å². The number of guanidine groups is 1. The van der Waals surface area contributed by atoms with Crippen LogP contribution < -0.4 is 10.6 Å². The molecule has 1 amide bonds. The maximum absolute atomic E-state index is 13.3. The van der Waals surface area contributed by atoms with Gasteiger partial charge in [0.2, 0.25) is 5.91 Å². The molecule has 7 nitrogen and oxygen atoms in total. The summed E-state index contributed by atoms with van der Waals surface area (Å²) in [5.74, 6) is 0.235. The highest BCUT2D eigenvalue weighted by Crippen LogP contribution is 2.04. The number of carbonyl (C=O) groups is 1. The van der Waals surface area contributed by atoms with Gasteiger partial charge in [-0.2, -0.15) is 0 Å². The third-order valence-corrected chi connectivity index (χ3v) is 4.26. The minimum Gasteiger partial charge on any atom is -0.379 e. The monoisotopic (exact) mass is 507 g/mol. The number of rotatable bonds is 8. The van der Waals surface area contributed by atoms with Crippen molar-refractivity contribution in [2.45, 2.75) is 13.0 Å². The number of hydrogen-bond acceptors (Lipinski definition) is 4. The van der Waals surface area contributed by atoms with Gasteiger partial charge in [0.1, 0.15) is 5.82 Å². The average Bonchev–Trinajstić information content (AvgIpc) is 2.67. The largest absolute Gasteiger partial charge is 0.379 e. The van der Waals surface area contributed by atoms with Crippen LogP contribution in [0.5, 0.6) is 0 Å². The first-order valence-corrected chi connectivity index (χ1v) is 9.31. The van der Waals surface area contributed by atoms with E-state index in [1.54, 1.807) is 20.2 Å². The average molecular weight is 507 g/mol. The fraction of sp³-hybridized carbons (Fsp3) is 0.579. The summed E-state index contributed by atoms with van der Waals surface area (Å²) in [6, 6.07) is 6.36. The van der Waals surface area contributed by atoms with Crippen molar-refractivity contribution in [2.75, 3.05) is 60.0 Å². The molecule has 1 fully saturated rings. The minimum absolute atomic E-state index is 0. The quantitative estimate of drug-likeness (QED) is 0.240. The third kappa shape index (κ3) is 9.65. The van der Waals surface area contributed by atoms with Crippen molar-refractivity contribution >= 4 is 35.8 Å². The van der Waals surface area contributed by atoms with Crippen LogP contribution in [0.15, 0.2) is 29.3 Å². The van der Waals surface area contributed by atoms with Crippen molar-refractivity contribution in [1.29, 1.82) is 0 Å². The Labute approximate surface area is 183 Å². The number of carbonyl (C=O) groups excluding carboxylic acids is 1. The van der Waals surface area contributed by atoms with Gasteiger partial charge in [-0.25, -0.2) is 9.38 Å². The fourth-order valence-corrected chi connectivity index (χ4v) is 2.63. The van der Waals surface area contributed by atoms with Crippen molar-refractivity contribution < 1.29 is 13.9 Å². The van der Waals surface area contributed by atoms with Gasteiger partial charge in [0.15, 0.2) is 5.96 Å². The molecule has 1 heterocycles. The molecule has 0 saturated carbocycles. The molecule has 1 aromatic carbocycles. The maximum atomic E-state index is 13.3. The molecule has 9 heteroatoms. The molecule has 0 aromatic heterocycles. The molecule has 0 atom stereocenters. The van der Waals surface area contributed by atoms with E-state index in [0.717, 1.165) is 51.4 Å². The summed E-state index contributed by atoms with van der Waals surface area (Å²) in [6.07, 6.45) is 0.961. The van der Waals surface area contributed by atoms with E-state index in [0.29, 0.717) is 12.5 Å². The Morgan fingerprint density at radius 2 is 2.04 bits per heavy atom. The summed E-state index contributed by atoms with van der Waals surface area (Å²) in [6.45, 7) is 5.75. The number of nitrogens with one attached hydrogen (secondary N) is 2. The molecule has 0 radical (unpaired) electrons. The molecule has 1 aliphatic heterocycles. The summed E-state index contributed by atoms with van der Waals surface area (Å²) < 4.78 is 18.7. The number of hydrogen-bond donors (Lipinski definition) is 2. The van der Waals surface area contributed by atoms with E-state index in [1.165, 1.54) is 17.0 Å². The fourth-order valence-electron chi connectivity index (χ4n) is 2.63. The Morgan fingerprint density at radius 1 is 1.29 bits per heavy atom. The lowest BCUT2D eigenvalue weighted by Gasteiger charge is -2.26. The van der Waals surface area contributed by atoms with E-state index in [4.69, 9.17) is 4.74 Å². The van der Waals surface area contributed by atoms with E-state index >= 15 is 0 Å². The van der Waals surface area contributed by atoms with E-state index in [1.807, 2.05) is 6.07 Å². The first-order valence-electron chi connectivity index (χ1n) is 9.31. The first-order chi connectivity index (χ1) is 13.0. The van der Waals surface area contributed by atoms with E-state index in [-0.39, 0.29) is 42.2 Å². The van der Waals surface area contributed by atoms with Gasteiger partial charge in [-0.3, -0.25) is 9.69 Å². The number of nitrogens with zero attached hydrogens (tertiary/aromatic N) is 3. The van der Waals surface area contributed by atoms with Crippen molar-refractivity contribution in [1.82, 2.24) is 20.4 Å². The molecule has 28 heavy (non-hydrogen) atoms. The smallest absolute Gasteiger partial charge is 0.241 e. The Morgan fingerprint density at radius 3 is 2.71 bits per heavy atom. The molecule has 158 valence electrons.